The number of aromatic nitrogens is 1. The second kappa shape index (κ2) is 8.47. The van der Waals surface area contributed by atoms with Gasteiger partial charge in [0.1, 0.15) is 5.52 Å². The van der Waals surface area contributed by atoms with E-state index in [1.165, 1.54) is 5.56 Å². The van der Waals surface area contributed by atoms with Crippen LogP contribution in [0.2, 0.25) is 0 Å². The molecule has 0 atom stereocenters. The predicted molar refractivity (Wildman–Crippen MR) is 124 cm³/mol. The third-order valence-corrected chi connectivity index (χ3v) is 4.91. The van der Waals surface area contributed by atoms with E-state index in [1.54, 1.807) is 24.3 Å². The van der Waals surface area contributed by atoms with Crippen LogP contribution in [0.1, 0.15) is 35.7 Å². The van der Waals surface area contributed by atoms with Gasteiger partial charge in [-0.1, -0.05) is 44.2 Å². The van der Waals surface area contributed by atoms with E-state index in [0.29, 0.717) is 17.4 Å². The van der Waals surface area contributed by atoms with Gasteiger partial charge in [0.25, 0.3) is 5.91 Å². The Labute approximate surface area is 180 Å². The van der Waals surface area contributed by atoms with Crippen molar-refractivity contribution in [2.45, 2.75) is 19.8 Å². The zero-order valence-corrected chi connectivity index (χ0v) is 17.5. The molecule has 150 valence electrons. The van der Waals surface area contributed by atoms with Crippen LogP contribution in [-0.2, 0) is 0 Å². The van der Waals surface area contributed by atoms with Gasteiger partial charge in [-0.25, -0.2) is 4.98 Å². The maximum absolute atomic E-state index is 12.2. The topological polar surface area (TPSA) is 67.2 Å². The number of anilines is 1. The van der Waals surface area contributed by atoms with Gasteiger partial charge in [-0.15, -0.1) is 0 Å². The van der Waals surface area contributed by atoms with Gasteiger partial charge < -0.3 is 9.73 Å². The highest BCUT2D eigenvalue weighted by Crippen LogP contribution is 2.28. The number of thiocarbonyl (C=S) groups is 1. The molecule has 30 heavy (non-hydrogen) atoms. The van der Waals surface area contributed by atoms with Crippen molar-refractivity contribution < 1.29 is 9.21 Å². The number of fused-ring (bicyclic) bond motifs is 1. The molecule has 0 spiro atoms. The minimum Gasteiger partial charge on any atom is -0.436 e. The van der Waals surface area contributed by atoms with Gasteiger partial charge in [-0.3, -0.25) is 10.1 Å². The van der Waals surface area contributed by atoms with Crippen molar-refractivity contribution in [3.63, 3.8) is 0 Å². The average molecular weight is 416 g/mol. The summed E-state index contributed by atoms with van der Waals surface area (Å²) >= 11 is 5.28. The first-order chi connectivity index (χ1) is 14.5. The van der Waals surface area contributed by atoms with E-state index in [0.717, 1.165) is 22.4 Å². The van der Waals surface area contributed by atoms with E-state index in [2.05, 4.69) is 41.6 Å². The molecule has 5 nitrogen and oxygen atoms in total. The lowest BCUT2D eigenvalue weighted by molar-refractivity contribution is 0.0977. The normalized spacial score (nSPS) is 10.9. The lowest BCUT2D eigenvalue weighted by Gasteiger charge is -2.10. The molecule has 0 unspecified atom stereocenters. The molecule has 0 radical (unpaired) electrons. The number of rotatable bonds is 4. The molecule has 0 saturated heterocycles. The van der Waals surface area contributed by atoms with Crippen LogP contribution < -0.4 is 10.6 Å². The molecule has 1 heterocycles. The van der Waals surface area contributed by atoms with Gasteiger partial charge in [-0.05, 0) is 66.2 Å². The smallest absolute Gasteiger partial charge is 0.257 e. The molecule has 2 N–H and O–H groups in total. The number of nitrogens with one attached hydrogen (secondary N) is 2. The summed E-state index contributed by atoms with van der Waals surface area (Å²) in [6, 6.07) is 22.6. The molecule has 4 aromatic rings. The molecule has 0 bridgehead atoms. The Morgan fingerprint density at radius 1 is 1.00 bits per heavy atom. The van der Waals surface area contributed by atoms with Crippen molar-refractivity contribution in [2.24, 2.45) is 0 Å². The summed E-state index contributed by atoms with van der Waals surface area (Å²) in [4.78, 5) is 16.9. The fourth-order valence-corrected chi connectivity index (χ4v) is 3.29. The zero-order valence-electron chi connectivity index (χ0n) is 16.7. The predicted octanol–water partition coefficient (Wildman–Crippen LogP) is 5.75. The molecular formula is C24H21N3O2S. The number of carbonyl (C=O) groups excluding carboxylic acids is 1. The summed E-state index contributed by atoms with van der Waals surface area (Å²) in [6.07, 6.45) is 0. The first-order valence-corrected chi connectivity index (χ1v) is 10.1. The van der Waals surface area contributed by atoms with Crippen LogP contribution in [0.5, 0.6) is 0 Å². The maximum Gasteiger partial charge on any atom is 0.257 e. The second-order valence-corrected chi connectivity index (χ2v) is 7.66. The van der Waals surface area contributed by atoms with Gasteiger partial charge in [-0.2, -0.15) is 0 Å². The molecule has 0 saturated carbocycles. The Bertz CT molecular complexity index is 1220. The highest BCUT2D eigenvalue weighted by molar-refractivity contribution is 7.80. The summed E-state index contributed by atoms with van der Waals surface area (Å²) in [6.45, 7) is 4.30. The lowest BCUT2D eigenvalue weighted by atomic mass is 10.0. The van der Waals surface area contributed by atoms with Crippen LogP contribution in [0.15, 0.2) is 77.2 Å². The van der Waals surface area contributed by atoms with Crippen LogP contribution in [0, 0.1) is 0 Å². The van der Waals surface area contributed by atoms with Crippen molar-refractivity contribution in [2.75, 3.05) is 5.32 Å². The number of oxazole rings is 1. The highest BCUT2D eigenvalue weighted by Gasteiger charge is 2.12. The van der Waals surface area contributed by atoms with E-state index in [9.17, 15) is 4.79 Å². The van der Waals surface area contributed by atoms with Crippen molar-refractivity contribution in [1.82, 2.24) is 10.3 Å². The minimum absolute atomic E-state index is 0.222. The number of amides is 1. The quantitative estimate of drug-likeness (QED) is 0.416. The standard InChI is InChI=1S/C24H21N3O2S/c1-15(2)17-11-12-21-20(14-17)26-23(29-21)18-9-6-10-19(13-18)25-24(30)27-22(28)16-7-4-3-5-8-16/h3-15H,1-2H3,(H2,25,27,28,30). The van der Waals surface area contributed by atoms with Crippen LogP contribution in [0.25, 0.3) is 22.6 Å². The summed E-state index contributed by atoms with van der Waals surface area (Å²) in [5, 5.41) is 5.95. The van der Waals surface area contributed by atoms with Crippen LogP contribution in [0.3, 0.4) is 0 Å². The van der Waals surface area contributed by atoms with Gasteiger partial charge >= 0.3 is 0 Å². The van der Waals surface area contributed by atoms with Gasteiger partial charge in [0.2, 0.25) is 5.89 Å². The summed E-state index contributed by atoms with van der Waals surface area (Å²) in [7, 11) is 0. The Morgan fingerprint density at radius 3 is 2.57 bits per heavy atom. The Balaban J connectivity index is 1.50. The number of nitrogens with zero attached hydrogens (tertiary/aromatic N) is 1. The molecule has 0 fully saturated rings. The van der Waals surface area contributed by atoms with Gasteiger partial charge in [0.05, 0.1) is 0 Å². The van der Waals surface area contributed by atoms with Crippen molar-refractivity contribution in [3.8, 4) is 11.5 Å². The fourth-order valence-electron chi connectivity index (χ4n) is 3.08. The van der Waals surface area contributed by atoms with Gasteiger partial charge in [0, 0.05) is 16.8 Å². The van der Waals surface area contributed by atoms with Crippen molar-refractivity contribution >= 4 is 40.0 Å². The SMILES string of the molecule is CC(C)c1ccc2oc(-c3cccc(NC(=S)NC(=O)c4ccccc4)c3)nc2c1. The minimum atomic E-state index is -0.260. The summed E-state index contributed by atoms with van der Waals surface area (Å²) < 4.78 is 5.93. The highest BCUT2D eigenvalue weighted by atomic mass is 32.1. The molecule has 6 heteroatoms. The lowest BCUT2D eigenvalue weighted by Crippen LogP contribution is -2.34. The number of benzene rings is 3. The van der Waals surface area contributed by atoms with E-state index in [1.807, 2.05) is 36.4 Å². The van der Waals surface area contributed by atoms with Gasteiger partial charge in [0.15, 0.2) is 10.7 Å². The molecule has 0 aliphatic carbocycles. The first kappa shape index (κ1) is 19.8. The van der Waals surface area contributed by atoms with E-state index >= 15 is 0 Å². The first-order valence-electron chi connectivity index (χ1n) is 9.68. The average Bonchev–Trinajstić information content (AvgIpc) is 3.18. The fraction of sp³-hybridized carbons (Fsp3) is 0.125. The van der Waals surface area contributed by atoms with E-state index < -0.39 is 0 Å². The van der Waals surface area contributed by atoms with Crippen LogP contribution in [0.4, 0.5) is 5.69 Å². The monoisotopic (exact) mass is 415 g/mol. The molecule has 4 rings (SSSR count). The van der Waals surface area contributed by atoms with Crippen molar-refractivity contribution in [1.29, 1.82) is 0 Å². The van der Waals surface area contributed by atoms with Crippen LogP contribution in [-0.4, -0.2) is 16.0 Å². The Kier molecular flexibility index (Phi) is 5.59. The molecule has 0 aliphatic heterocycles. The summed E-state index contributed by atoms with van der Waals surface area (Å²) in [5.41, 5.74) is 4.90. The zero-order chi connectivity index (χ0) is 21.1. The Hall–Kier alpha value is -3.51. The van der Waals surface area contributed by atoms with Crippen molar-refractivity contribution in [3.05, 3.63) is 83.9 Å². The molecule has 0 aliphatic rings. The van der Waals surface area contributed by atoms with E-state index in [4.69, 9.17) is 16.6 Å². The number of hydrogen-bond donors (Lipinski definition) is 2. The largest absolute Gasteiger partial charge is 0.436 e. The summed E-state index contributed by atoms with van der Waals surface area (Å²) in [5.74, 6) is 0.701. The Morgan fingerprint density at radius 2 is 1.80 bits per heavy atom. The number of carbonyl (C=O) groups is 1. The third kappa shape index (κ3) is 4.39. The molecular weight excluding hydrogens is 394 g/mol. The third-order valence-electron chi connectivity index (χ3n) is 4.71. The molecule has 1 aromatic heterocycles. The molecule has 3 aromatic carbocycles. The van der Waals surface area contributed by atoms with Crippen LogP contribution >= 0.6 is 12.2 Å². The van der Waals surface area contributed by atoms with E-state index in [-0.39, 0.29) is 11.0 Å². The number of hydrogen-bond acceptors (Lipinski definition) is 4. The maximum atomic E-state index is 12.2. The molecule has 1 amide bonds. The second-order valence-electron chi connectivity index (χ2n) is 7.26.